The normalized spacial score (nSPS) is 16.5. The van der Waals surface area contributed by atoms with Crippen LogP contribution in [0.2, 0.25) is 0 Å². The first-order chi connectivity index (χ1) is 8.24. The quantitative estimate of drug-likeness (QED) is 0.780. The fourth-order valence-electron chi connectivity index (χ4n) is 1.51. The highest BCUT2D eigenvalue weighted by Crippen LogP contribution is 2.07. The monoisotopic (exact) mass is 255 g/mol. The van der Waals surface area contributed by atoms with Crippen LogP contribution in [-0.2, 0) is 4.74 Å². The summed E-state index contributed by atoms with van der Waals surface area (Å²) in [5, 5.41) is 5.47. The Labute approximate surface area is 105 Å². The molecule has 4 nitrogen and oxygen atoms in total. The Morgan fingerprint density at radius 3 is 2.53 bits per heavy atom. The molecule has 1 aliphatic heterocycles. The minimum Gasteiger partial charge on any atom is -0.379 e. The van der Waals surface area contributed by atoms with E-state index in [0.717, 1.165) is 18.8 Å². The largest absolute Gasteiger partial charge is 0.379 e. The molecular formula is C11H14FN3OS. The van der Waals surface area contributed by atoms with Crippen molar-refractivity contribution in [2.75, 3.05) is 31.6 Å². The van der Waals surface area contributed by atoms with Gasteiger partial charge < -0.3 is 10.1 Å². The SMILES string of the molecule is Fc1ccc(NC(=S)NN2CCOCC2)cc1. The third-order valence-electron chi connectivity index (χ3n) is 2.37. The molecule has 1 aromatic carbocycles. The Bertz CT molecular complexity index is 379. The molecule has 0 amide bonds. The maximum absolute atomic E-state index is 12.7. The lowest BCUT2D eigenvalue weighted by Crippen LogP contribution is -2.49. The molecular weight excluding hydrogens is 241 g/mol. The molecule has 17 heavy (non-hydrogen) atoms. The molecule has 0 aromatic heterocycles. The van der Waals surface area contributed by atoms with Crippen LogP contribution in [0.25, 0.3) is 0 Å². The first kappa shape index (κ1) is 12.2. The molecule has 2 N–H and O–H groups in total. The van der Waals surface area contributed by atoms with E-state index < -0.39 is 0 Å². The summed E-state index contributed by atoms with van der Waals surface area (Å²) in [5.41, 5.74) is 3.82. The van der Waals surface area contributed by atoms with Crippen molar-refractivity contribution in [3.05, 3.63) is 30.1 Å². The summed E-state index contributed by atoms with van der Waals surface area (Å²) < 4.78 is 17.9. The molecule has 0 spiro atoms. The second-order valence-corrected chi connectivity index (χ2v) is 4.08. The maximum atomic E-state index is 12.7. The topological polar surface area (TPSA) is 36.5 Å². The van der Waals surface area contributed by atoms with Crippen LogP contribution in [0.1, 0.15) is 0 Å². The van der Waals surface area contributed by atoms with Crippen LogP contribution in [0.3, 0.4) is 0 Å². The van der Waals surface area contributed by atoms with Gasteiger partial charge in [-0.25, -0.2) is 9.40 Å². The van der Waals surface area contributed by atoms with Crippen molar-refractivity contribution in [3.8, 4) is 0 Å². The van der Waals surface area contributed by atoms with Gasteiger partial charge in [-0.15, -0.1) is 0 Å². The molecule has 1 saturated heterocycles. The number of nitrogens with zero attached hydrogens (tertiary/aromatic N) is 1. The van der Waals surface area contributed by atoms with E-state index in [9.17, 15) is 4.39 Å². The number of anilines is 1. The summed E-state index contributed by atoms with van der Waals surface area (Å²) in [6.45, 7) is 2.99. The molecule has 0 unspecified atom stereocenters. The van der Waals surface area contributed by atoms with E-state index in [2.05, 4.69) is 10.7 Å². The summed E-state index contributed by atoms with van der Waals surface area (Å²) in [5.74, 6) is -0.261. The number of halogens is 1. The molecule has 0 aliphatic carbocycles. The van der Waals surface area contributed by atoms with Gasteiger partial charge in [0, 0.05) is 18.8 Å². The van der Waals surface area contributed by atoms with Crippen LogP contribution < -0.4 is 10.7 Å². The smallest absolute Gasteiger partial charge is 0.185 e. The molecule has 0 saturated carbocycles. The maximum Gasteiger partial charge on any atom is 0.185 e. The van der Waals surface area contributed by atoms with Crippen molar-refractivity contribution in [2.24, 2.45) is 0 Å². The molecule has 0 atom stereocenters. The molecule has 92 valence electrons. The van der Waals surface area contributed by atoms with E-state index in [1.807, 2.05) is 5.01 Å². The van der Waals surface area contributed by atoms with E-state index in [1.54, 1.807) is 12.1 Å². The molecule has 2 rings (SSSR count). The Kier molecular flexibility index (Phi) is 4.24. The highest BCUT2D eigenvalue weighted by molar-refractivity contribution is 7.80. The summed E-state index contributed by atoms with van der Waals surface area (Å²) in [7, 11) is 0. The molecule has 1 aromatic rings. The summed E-state index contributed by atoms with van der Waals surface area (Å²) >= 11 is 5.15. The van der Waals surface area contributed by atoms with Gasteiger partial charge in [-0.05, 0) is 36.5 Å². The van der Waals surface area contributed by atoms with Crippen molar-refractivity contribution >= 4 is 23.0 Å². The van der Waals surface area contributed by atoms with Gasteiger partial charge in [0.05, 0.1) is 13.2 Å². The lowest BCUT2D eigenvalue weighted by Gasteiger charge is -2.28. The summed E-state index contributed by atoms with van der Waals surface area (Å²) in [4.78, 5) is 0. The Morgan fingerprint density at radius 1 is 1.24 bits per heavy atom. The summed E-state index contributed by atoms with van der Waals surface area (Å²) in [6.07, 6.45) is 0. The van der Waals surface area contributed by atoms with Gasteiger partial charge >= 0.3 is 0 Å². The average Bonchev–Trinajstić information content (AvgIpc) is 2.33. The zero-order valence-corrected chi connectivity index (χ0v) is 10.1. The van der Waals surface area contributed by atoms with E-state index >= 15 is 0 Å². The second-order valence-electron chi connectivity index (χ2n) is 3.67. The van der Waals surface area contributed by atoms with Crippen molar-refractivity contribution < 1.29 is 9.13 Å². The lowest BCUT2D eigenvalue weighted by molar-refractivity contribution is 0.0252. The molecule has 0 bridgehead atoms. The van der Waals surface area contributed by atoms with Crippen LogP contribution in [0.4, 0.5) is 10.1 Å². The lowest BCUT2D eigenvalue weighted by atomic mass is 10.3. The third-order valence-corrected chi connectivity index (χ3v) is 2.57. The standard InChI is InChI=1S/C11H14FN3OS/c12-9-1-3-10(4-2-9)13-11(17)14-15-5-7-16-8-6-15/h1-4H,5-8H2,(H2,13,14,17). The Hall–Kier alpha value is -1.24. The fraction of sp³-hybridized carbons (Fsp3) is 0.364. The molecule has 0 radical (unpaired) electrons. The van der Waals surface area contributed by atoms with Crippen molar-refractivity contribution in [1.82, 2.24) is 10.4 Å². The first-order valence-electron chi connectivity index (χ1n) is 5.40. The highest BCUT2D eigenvalue weighted by Gasteiger charge is 2.10. The van der Waals surface area contributed by atoms with E-state index in [1.165, 1.54) is 12.1 Å². The number of nitrogens with one attached hydrogen (secondary N) is 2. The van der Waals surface area contributed by atoms with Crippen LogP contribution >= 0.6 is 12.2 Å². The van der Waals surface area contributed by atoms with Gasteiger partial charge in [0.1, 0.15) is 5.82 Å². The fourth-order valence-corrected chi connectivity index (χ4v) is 1.76. The number of hydrogen-bond acceptors (Lipinski definition) is 3. The minimum absolute atomic E-state index is 0.261. The number of hydrazine groups is 1. The number of rotatable bonds is 2. The second kappa shape index (κ2) is 5.90. The minimum atomic E-state index is -0.261. The van der Waals surface area contributed by atoms with Crippen molar-refractivity contribution in [1.29, 1.82) is 0 Å². The van der Waals surface area contributed by atoms with Gasteiger partial charge in [0.15, 0.2) is 5.11 Å². The van der Waals surface area contributed by atoms with Crippen molar-refractivity contribution in [3.63, 3.8) is 0 Å². The number of morpholine rings is 1. The van der Waals surface area contributed by atoms with Crippen LogP contribution in [0.15, 0.2) is 24.3 Å². The van der Waals surface area contributed by atoms with Crippen molar-refractivity contribution in [2.45, 2.75) is 0 Å². The van der Waals surface area contributed by atoms with E-state index in [-0.39, 0.29) is 5.82 Å². The Morgan fingerprint density at radius 2 is 1.88 bits per heavy atom. The molecule has 1 heterocycles. The van der Waals surface area contributed by atoms with Gasteiger partial charge in [-0.3, -0.25) is 5.43 Å². The first-order valence-corrected chi connectivity index (χ1v) is 5.81. The Balaban J connectivity index is 1.82. The predicted octanol–water partition coefficient (Wildman–Crippen LogP) is 1.36. The predicted molar refractivity (Wildman–Crippen MR) is 68.1 cm³/mol. The van der Waals surface area contributed by atoms with E-state index in [4.69, 9.17) is 17.0 Å². The van der Waals surface area contributed by atoms with Gasteiger partial charge in [-0.2, -0.15) is 0 Å². The average molecular weight is 255 g/mol. The van der Waals surface area contributed by atoms with Gasteiger partial charge in [-0.1, -0.05) is 0 Å². The summed E-state index contributed by atoms with van der Waals surface area (Å²) in [6, 6.07) is 6.06. The zero-order chi connectivity index (χ0) is 12.1. The van der Waals surface area contributed by atoms with Crippen LogP contribution in [-0.4, -0.2) is 36.4 Å². The van der Waals surface area contributed by atoms with Gasteiger partial charge in [0.2, 0.25) is 0 Å². The number of ether oxygens (including phenoxy) is 1. The zero-order valence-electron chi connectivity index (χ0n) is 9.28. The number of hydrogen-bond donors (Lipinski definition) is 2. The van der Waals surface area contributed by atoms with E-state index in [0.29, 0.717) is 18.3 Å². The number of thiocarbonyl (C=S) groups is 1. The molecule has 1 fully saturated rings. The molecule has 1 aliphatic rings. The van der Waals surface area contributed by atoms with Gasteiger partial charge in [0.25, 0.3) is 0 Å². The third kappa shape index (κ3) is 3.92. The molecule has 6 heteroatoms. The van der Waals surface area contributed by atoms with Crippen LogP contribution in [0, 0.1) is 5.82 Å². The highest BCUT2D eigenvalue weighted by atomic mass is 32.1. The number of benzene rings is 1. The van der Waals surface area contributed by atoms with Crippen LogP contribution in [0.5, 0.6) is 0 Å².